The summed E-state index contributed by atoms with van der Waals surface area (Å²) >= 11 is 1.46. The summed E-state index contributed by atoms with van der Waals surface area (Å²) in [5.41, 5.74) is 7.39. The Morgan fingerprint density at radius 3 is 2.14 bits per heavy atom. The van der Waals surface area contributed by atoms with Crippen LogP contribution in [0.3, 0.4) is 0 Å². The van der Waals surface area contributed by atoms with Gasteiger partial charge in [0, 0.05) is 12.1 Å². The van der Waals surface area contributed by atoms with Crippen molar-refractivity contribution in [2.75, 3.05) is 18.6 Å². The molecule has 0 fully saturated rings. The van der Waals surface area contributed by atoms with Crippen LogP contribution in [0.5, 0.6) is 5.75 Å². The summed E-state index contributed by atoms with van der Waals surface area (Å²) in [7, 11) is 1.68. The first-order valence-corrected chi connectivity index (χ1v) is 14.1. The maximum Gasteiger partial charge on any atom is 0.417 e. The molecule has 0 unspecified atom stereocenters. The lowest BCUT2D eigenvalue weighted by Gasteiger charge is -2.19. The van der Waals surface area contributed by atoms with Crippen LogP contribution in [0.15, 0.2) is 66.7 Å². The molecular formula is C31H33F3N4O3S. The number of primary amides is 1. The Hall–Kier alpha value is -4.25. The summed E-state index contributed by atoms with van der Waals surface area (Å²) in [6, 6.07) is 18.3. The molecule has 0 bridgehead atoms. The molecule has 0 spiro atoms. The van der Waals surface area contributed by atoms with Gasteiger partial charge < -0.3 is 10.5 Å². The van der Waals surface area contributed by atoms with E-state index < -0.39 is 23.2 Å². The Balaban J connectivity index is 0.000000312. The van der Waals surface area contributed by atoms with E-state index in [1.165, 1.54) is 23.5 Å². The standard InChI is InChI=1S/C23H27N3O2S.C8H6F3NO/c1-5-6-12-26(20(27)15-18-10-8-7-9-11-18)23-25-24-22(29-23)19-13-16(2)21(28-4)17(3)14-19;9-8(10,11)6-4-2-1-3-5(6)7(12)13/h7-11,13-14H,5-6,12,15H2,1-4H3;1-4H,(H2,12,13). The molecule has 0 aliphatic heterocycles. The van der Waals surface area contributed by atoms with E-state index in [1.807, 2.05) is 44.2 Å². The van der Waals surface area contributed by atoms with Crippen LogP contribution in [-0.4, -0.2) is 35.7 Å². The number of alkyl halides is 3. The third kappa shape index (κ3) is 8.39. The van der Waals surface area contributed by atoms with Crippen molar-refractivity contribution in [1.29, 1.82) is 0 Å². The predicted molar refractivity (Wildman–Crippen MR) is 159 cm³/mol. The lowest BCUT2D eigenvalue weighted by molar-refractivity contribution is -0.137. The number of carbonyl (C=O) groups excluding carboxylic acids is 2. The third-order valence-corrected chi connectivity index (χ3v) is 7.28. The summed E-state index contributed by atoms with van der Waals surface area (Å²) in [5.74, 6) is -0.136. The van der Waals surface area contributed by atoms with Crippen molar-refractivity contribution < 1.29 is 27.5 Å². The lowest BCUT2D eigenvalue weighted by Crippen LogP contribution is -2.33. The fraction of sp³-hybridized carbons (Fsp3) is 0.290. The van der Waals surface area contributed by atoms with Gasteiger partial charge in [-0.3, -0.25) is 14.5 Å². The minimum absolute atomic E-state index is 0.0504. The molecule has 0 saturated carbocycles. The summed E-state index contributed by atoms with van der Waals surface area (Å²) < 4.78 is 42.1. The van der Waals surface area contributed by atoms with Gasteiger partial charge in [-0.25, -0.2) is 0 Å². The van der Waals surface area contributed by atoms with E-state index in [2.05, 4.69) is 29.3 Å². The van der Waals surface area contributed by atoms with E-state index in [4.69, 9.17) is 10.5 Å². The van der Waals surface area contributed by atoms with Crippen molar-refractivity contribution in [3.63, 3.8) is 0 Å². The van der Waals surface area contributed by atoms with E-state index >= 15 is 0 Å². The molecule has 0 saturated heterocycles. The first-order chi connectivity index (χ1) is 20.0. The topological polar surface area (TPSA) is 98.4 Å². The Morgan fingerprint density at radius 1 is 0.976 bits per heavy atom. The Kier molecular flexibility index (Phi) is 11.2. The van der Waals surface area contributed by atoms with Crippen molar-refractivity contribution in [1.82, 2.24) is 10.2 Å². The number of carbonyl (C=O) groups is 2. The van der Waals surface area contributed by atoms with Gasteiger partial charge in [-0.2, -0.15) is 13.2 Å². The Bertz CT molecular complexity index is 1480. The second-order valence-electron chi connectivity index (χ2n) is 9.50. The highest BCUT2D eigenvalue weighted by Gasteiger charge is 2.34. The molecule has 1 aromatic heterocycles. The number of rotatable bonds is 9. The van der Waals surface area contributed by atoms with Gasteiger partial charge >= 0.3 is 6.18 Å². The highest BCUT2D eigenvalue weighted by Crippen LogP contribution is 2.34. The molecule has 0 aliphatic carbocycles. The monoisotopic (exact) mass is 598 g/mol. The molecule has 11 heteroatoms. The lowest BCUT2D eigenvalue weighted by atomic mass is 10.1. The Morgan fingerprint density at radius 2 is 1.60 bits per heavy atom. The quantitative estimate of drug-likeness (QED) is 0.224. The van der Waals surface area contributed by atoms with Crippen LogP contribution < -0.4 is 15.4 Å². The van der Waals surface area contributed by atoms with E-state index in [-0.39, 0.29) is 5.91 Å². The fourth-order valence-electron chi connectivity index (χ4n) is 4.29. The molecule has 7 nitrogen and oxygen atoms in total. The van der Waals surface area contributed by atoms with Crippen LogP contribution in [0.2, 0.25) is 0 Å². The molecule has 1 heterocycles. The molecule has 2 amide bonds. The summed E-state index contributed by atoms with van der Waals surface area (Å²) in [6.45, 7) is 6.81. The zero-order chi connectivity index (χ0) is 30.9. The number of nitrogens with two attached hydrogens (primary N) is 1. The number of halogens is 3. The number of unbranched alkanes of at least 4 members (excludes halogenated alkanes) is 1. The smallest absolute Gasteiger partial charge is 0.417 e. The first-order valence-electron chi connectivity index (χ1n) is 13.3. The number of hydrogen-bond donors (Lipinski definition) is 1. The molecule has 0 radical (unpaired) electrons. The fourth-order valence-corrected chi connectivity index (χ4v) is 5.17. The van der Waals surface area contributed by atoms with Gasteiger partial charge in [-0.15, -0.1) is 10.2 Å². The van der Waals surface area contributed by atoms with Gasteiger partial charge in [-0.05, 0) is 61.2 Å². The molecular weight excluding hydrogens is 565 g/mol. The van der Waals surface area contributed by atoms with Crippen LogP contribution in [-0.2, 0) is 17.4 Å². The van der Waals surface area contributed by atoms with Crippen LogP contribution in [0, 0.1) is 13.8 Å². The normalized spacial score (nSPS) is 10.9. The number of ether oxygens (including phenoxy) is 1. The van der Waals surface area contributed by atoms with Crippen molar-refractivity contribution in [3.8, 4) is 16.3 Å². The molecule has 42 heavy (non-hydrogen) atoms. The minimum atomic E-state index is -4.54. The van der Waals surface area contributed by atoms with E-state index in [1.54, 1.807) is 12.0 Å². The number of hydrogen-bond acceptors (Lipinski definition) is 6. The zero-order valence-corrected chi connectivity index (χ0v) is 24.7. The molecule has 3 aromatic carbocycles. The zero-order valence-electron chi connectivity index (χ0n) is 23.9. The van der Waals surface area contributed by atoms with Gasteiger partial charge in [0.25, 0.3) is 0 Å². The number of methoxy groups -OCH3 is 1. The van der Waals surface area contributed by atoms with Crippen LogP contribution in [0.1, 0.15) is 52.4 Å². The highest BCUT2D eigenvalue weighted by molar-refractivity contribution is 7.18. The van der Waals surface area contributed by atoms with Gasteiger partial charge in [0.2, 0.25) is 16.9 Å². The Labute approximate surface area is 247 Å². The number of benzene rings is 3. The first kappa shape index (κ1) is 32.3. The van der Waals surface area contributed by atoms with E-state index in [0.717, 1.165) is 58.0 Å². The van der Waals surface area contributed by atoms with Crippen molar-refractivity contribution in [3.05, 3.63) is 94.5 Å². The van der Waals surface area contributed by atoms with E-state index in [9.17, 15) is 22.8 Å². The second-order valence-corrected chi connectivity index (χ2v) is 10.5. The maximum absolute atomic E-state index is 13.0. The number of aryl methyl sites for hydroxylation is 2. The minimum Gasteiger partial charge on any atom is -0.496 e. The third-order valence-electron chi connectivity index (χ3n) is 6.29. The van der Waals surface area contributed by atoms with Gasteiger partial charge in [0.15, 0.2) is 0 Å². The molecule has 2 N–H and O–H groups in total. The van der Waals surface area contributed by atoms with Crippen LogP contribution >= 0.6 is 11.3 Å². The molecule has 4 aromatic rings. The summed E-state index contributed by atoms with van der Waals surface area (Å²) in [5, 5.41) is 10.2. The van der Waals surface area contributed by atoms with Crippen molar-refractivity contribution in [2.45, 2.75) is 46.2 Å². The van der Waals surface area contributed by atoms with Gasteiger partial charge in [-0.1, -0.05) is 67.1 Å². The largest absolute Gasteiger partial charge is 0.496 e. The highest BCUT2D eigenvalue weighted by atomic mass is 32.1. The van der Waals surface area contributed by atoms with Crippen molar-refractivity contribution >= 4 is 28.3 Å². The van der Waals surface area contributed by atoms with Crippen molar-refractivity contribution in [2.24, 2.45) is 5.73 Å². The second kappa shape index (κ2) is 14.6. The predicted octanol–water partition coefficient (Wildman–Crippen LogP) is 7.01. The van der Waals surface area contributed by atoms with Gasteiger partial charge in [0.1, 0.15) is 10.8 Å². The number of amides is 2. The van der Waals surface area contributed by atoms with E-state index in [0.29, 0.717) is 18.1 Å². The van der Waals surface area contributed by atoms with Crippen LogP contribution in [0.4, 0.5) is 18.3 Å². The molecule has 4 rings (SSSR count). The average molecular weight is 599 g/mol. The van der Waals surface area contributed by atoms with Gasteiger partial charge in [0.05, 0.1) is 24.7 Å². The summed E-state index contributed by atoms with van der Waals surface area (Å²) in [6.07, 6.45) is -2.24. The maximum atomic E-state index is 13.0. The molecule has 0 atom stereocenters. The summed E-state index contributed by atoms with van der Waals surface area (Å²) in [4.78, 5) is 25.4. The number of nitrogens with zero attached hydrogens (tertiary/aromatic N) is 3. The average Bonchev–Trinajstić information content (AvgIpc) is 3.43. The number of aromatic nitrogens is 2. The SMILES string of the molecule is CCCCN(C(=O)Cc1ccccc1)c1nnc(-c2cc(C)c(OC)c(C)c2)s1.NC(=O)c1ccccc1C(F)(F)F. The molecule has 0 aliphatic rings. The number of anilines is 1. The van der Waals surface area contributed by atoms with Crippen LogP contribution in [0.25, 0.3) is 10.6 Å². The molecule has 222 valence electrons.